The van der Waals surface area contributed by atoms with Gasteiger partial charge in [0.1, 0.15) is 17.4 Å². The molecule has 0 aliphatic heterocycles. The average Bonchev–Trinajstić information content (AvgIpc) is 2.65. The number of aliphatic carboxylic acids is 1. The highest BCUT2D eigenvalue weighted by Gasteiger charge is 2.24. The fraction of sp³-hybridized carbons (Fsp3) is 0.450. The number of hydrogen-bond donors (Lipinski definition) is 2. The molecule has 1 aromatic heterocycles. The first-order chi connectivity index (χ1) is 13.2. The molecule has 0 saturated heterocycles. The molecule has 1 aromatic carbocycles. The highest BCUT2D eigenvalue weighted by atomic mass is 32.2. The summed E-state index contributed by atoms with van der Waals surface area (Å²) in [5.41, 5.74) is 2.01. The van der Waals surface area contributed by atoms with Gasteiger partial charge in [0.2, 0.25) is 0 Å². The molecular weight excluding hydrogens is 382 g/mol. The van der Waals surface area contributed by atoms with Crippen molar-refractivity contribution in [1.29, 1.82) is 0 Å². The summed E-state index contributed by atoms with van der Waals surface area (Å²) < 4.78 is 11.1. The average molecular weight is 407 g/mol. The Morgan fingerprint density at radius 1 is 1.21 bits per heavy atom. The molecule has 2 N–H and O–H groups in total. The molecule has 0 aliphatic carbocycles. The molecule has 1 unspecified atom stereocenters. The molecule has 2 aromatic rings. The van der Waals surface area contributed by atoms with Crippen LogP contribution in [0.4, 0.5) is 0 Å². The van der Waals surface area contributed by atoms with Crippen molar-refractivity contribution in [3.8, 4) is 5.75 Å². The number of aryl methyl sites for hydroxylation is 2. The maximum Gasteiger partial charge on any atom is 0.339 e. The molecule has 0 aliphatic rings. The standard InChI is InChI=1S/C20H25NO6S/c1-10-11(2)20(25)27-17-12(3)16(7-6-14(10)17)26-13(4)18(22)21-15(19(23)24)8-9-28-5/h6-7,13,15H,8-9H2,1-5H3,(H,21,22)(H,23,24)/t13?,15-/m0/s1. The minimum atomic E-state index is -1.08. The molecule has 0 radical (unpaired) electrons. The minimum Gasteiger partial charge on any atom is -0.480 e. The molecule has 28 heavy (non-hydrogen) atoms. The second-order valence-electron chi connectivity index (χ2n) is 6.65. The largest absolute Gasteiger partial charge is 0.480 e. The zero-order chi connectivity index (χ0) is 21.0. The Hall–Kier alpha value is -2.48. The number of carbonyl (C=O) groups excluding carboxylic acids is 1. The topological polar surface area (TPSA) is 106 Å². The van der Waals surface area contributed by atoms with Crippen molar-refractivity contribution in [1.82, 2.24) is 5.32 Å². The van der Waals surface area contributed by atoms with Gasteiger partial charge in [0.15, 0.2) is 6.10 Å². The van der Waals surface area contributed by atoms with Gasteiger partial charge in [0.05, 0.1) is 0 Å². The smallest absolute Gasteiger partial charge is 0.339 e. The summed E-state index contributed by atoms with van der Waals surface area (Å²) in [5, 5.41) is 12.6. The molecule has 0 fully saturated rings. The number of carbonyl (C=O) groups is 2. The molecule has 152 valence electrons. The van der Waals surface area contributed by atoms with Crippen molar-refractivity contribution in [3.05, 3.63) is 39.2 Å². The lowest BCUT2D eigenvalue weighted by Crippen LogP contribution is -2.46. The summed E-state index contributed by atoms with van der Waals surface area (Å²) in [7, 11) is 0. The Bertz CT molecular complexity index is 952. The molecule has 0 saturated carbocycles. The number of hydrogen-bond acceptors (Lipinski definition) is 6. The first-order valence-corrected chi connectivity index (χ1v) is 10.3. The summed E-state index contributed by atoms with van der Waals surface area (Å²) in [4.78, 5) is 35.7. The summed E-state index contributed by atoms with van der Waals surface area (Å²) in [5.74, 6) is -0.579. The second-order valence-corrected chi connectivity index (χ2v) is 7.63. The molecule has 2 rings (SSSR count). The number of rotatable bonds is 8. The monoisotopic (exact) mass is 407 g/mol. The zero-order valence-corrected chi connectivity index (χ0v) is 17.4. The lowest BCUT2D eigenvalue weighted by Gasteiger charge is -2.20. The van der Waals surface area contributed by atoms with Crippen molar-refractivity contribution < 1.29 is 23.8 Å². The van der Waals surface area contributed by atoms with Crippen molar-refractivity contribution in [3.63, 3.8) is 0 Å². The summed E-state index contributed by atoms with van der Waals surface area (Å²) in [6, 6.07) is 2.54. The number of carboxylic acid groups (broad SMARTS) is 1. The van der Waals surface area contributed by atoms with Crippen LogP contribution in [0.1, 0.15) is 30.0 Å². The third kappa shape index (κ3) is 4.67. The first kappa shape index (κ1) is 21.8. The number of amides is 1. The van der Waals surface area contributed by atoms with Crippen LogP contribution < -0.4 is 15.7 Å². The Labute approximate surface area is 167 Å². The van der Waals surface area contributed by atoms with E-state index in [0.29, 0.717) is 34.6 Å². The van der Waals surface area contributed by atoms with Crippen molar-refractivity contribution in [2.45, 2.75) is 46.3 Å². The molecule has 8 heteroatoms. The van der Waals surface area contributed by atoms with Crippen molar-refractivity contribution in [2.24, 2.45) is 0 Å². The van der Waals surface area contributed by atoms with Gasteiger partial charge in [-0.1, -0.05) is 0 Å². The normalized spacial score (nSPS) is 13.2. The van der Waals surface area contributed by atoms with Gasteiger partial charge < -0.3 is 19.6 Å². The second kappa shape index (κ2) is 9.14. The Balaban J connectivity index is 2.22. The molecule has 1 heterocycles. The van der Waals surface area contributed by atoms with Crippen LogP contribution in [0.25, 0.3) is 11.0 Å². The van der Waals surface area contributed by atoms with Crippen LogP contribution in [0.2, 0.25) is 0 Å². The number of benzene rings is 1. The maximum atomic E-state index is 12.4. The number of ether oxygens (including phenoxy) is 1. The predicted octanol–water partition coefficient (Wildman–Crippen LogP) is 2.81. The van der Waals surface area contributed by atoms with Crippen LogP contribution in [0.15, 0.2) is 21.3 Å². The first-order valence-electron chi connectivity index (χ1n) is 8.89. The summed E-state index contributed by atoms with van der Waals surface area (Å²) in [6.45, 7) is 6.86. The van der Waals surface area contributed by atoms with E-state index in [4.69, 9.17) is 9.15 Å². The molecule has 2 atom stereocenters. The van der Waals surface area contributed by atoms with Gasteiger partial charge in [-0.25, -0.2) is 9.59 Å². The van der Waals surface area contributed by atoms with E-state index in [1.807, 2.05) is 13.2 Å². The van der Waals surface area contributed by atoms with Gasteiger partial charge >= 0.3 is 11.6 Å². The molecular formula is C20H25NO6S. The Kier molecular flexibility index (Phi) is 7.12. The van der Waals surface area contributed by atoms with Crippen LogP contribution >= 0.6 is 11.8 Å². The highest BCUT2D eigenvalue weighted by molar-refractivity contribution is 7.98. The predicted molar refractivity (Wildman–Crippen MR) is 109 cm³/mol. The number of nitrogens with one attached hydrogen (secondary N) is 1. The van der Waals surface area contributed by atoms with E-state index in [2.05, 4.69) is 5.32 Å². The Morgan fingerprint density at radius 3 is 2.50 bits per heavy atom. The van der Waals surface area contributed by atoms with E-state index in [1.54, 1.807) is 32.9 Å². The van der Waals surface area contributed by atoms with Crippen molar-refractivity contribution >= 4 is 34.6 Å². The van der Waals surface area contributed by atoms with Gasteiger partial charge in [-0.15, -0.1) is 0 Å². The number of carboxylic acids is 1. The number of fused-ring (bicyclic) bond motifs is 1. The molecule has 1 amide bonds. The van der Waals surface area contributed by atoms with Crippen LogP contribution in [0, 0.1) is 20.8 Å². The van der Waals surface area contributed by atoms with Gasteiger partial charge in [-0.2, -0.15) is 11.8 Å². The quantitative estimate of drug-likeness (QED) is 0.648. The lowest BCUT2D eigenvalue weighted by atomic mass is 10.0. The van der Waals surface area contributed by atoms with E-state index in [1.165, 1.54) is 11.8 Å². The van der Waals surface area contributed by atoms with Crippen LogP contribution in [-0.2, 0) is 9.59 Å². The third-order valence-electron chi connectivity index (χ3n) is 4.72. The van der Waals surface area contributed by atoms with Crippen LogP contribution in [0.5, 0.6) is 5.75 Å². The maximum absolute atomic E-state index is 12.4. The van der Waals surface area contributed by atoms with E-state index in [-0.39, 0.29) is 0 Å². The molecule has 0 bridgehead atoms. The van der Waals surface area contributed by atoms with Crippen LogP contribution in [-0.4, -0.2) is 41.1 Å². The van der Waals surface area contributed by atoms with E-state index >= 15 is 0 Å². The van der Waals surface area contributed by atoms with E-state index in [0.717, 1.165) is 10.9 Å². The van der Waals surface area contributed by atoms with Gasteiger partial charge in [0, 0.05) is 16.5 Å². The minimum absolute atomic E-state index is 0.327. The SMILES string of the molecule is CSCC[C@H](NC(=O)C(C)Oc1ccc2c(C)c(C)c(=O)oc2c1C)C(=O)O. The molecule has 0 spiro atoms. The van der Waals surface area contributed by atoms with Gasteiger partial charge in [0.25, 0.3) is 5.91 Å². The van der Waals surface area contributed by atoms with E-state index in [9.17, 15) is 19.5 Å². The van der Waals surface area contributed by atoms with E-state index < -0.39 is 29.6 Å². The van der Waals surface area contributed by atoms with Gasteiger partial charge in [-0.3, -0.25) is 4.79 Å². The summed E-state index contributed by atoms with van der Waals surface area (Å²) in [6.07, 6.45) is 1.29. The van der Waals surface area contributed by atoms with Gasteiger partial charge in [-0.05, 0) is 63.8 Å². The van der Waals surface area contributed by atoms with Crippen molar-refractivity contribution in [2.75, 3.05) is 12.0 Å². The molecule has 7 nitrogen and oxygen atoms in total. The zero-order valence-electron chi connectivity index (χ0n) is 16.6. The lowest BCUT2D eigenvalue weighted by molar-refractivity contribution is -0.142. The van der Waals surface area contributed by atoms with Crippen LogP contribution in [0.3, 0.4) is 0 Å². The summed E-state index contributed by atoms with van der Waals surface area (Å²) >= 11 is 1.51. The third-order valence-corrected chi connectivity index (χ3v) is 5.37. The number of thioether (sulfide) groups is 1. The fourth-order valence-corrected chi connectivity index (χ4v) is 3.25. The highest BCUT2D eigenvalue weighted by Crippen LogP contribution is 2.29. The Morgan fingerprint density at radius 2 is 1.89 bits per heavy atom. The fourth-order valence-electron chi connectivity index (χ4n) is 2.78.